The minimum Gasteiger partial charge on any atom is -0.348 e. The Balaban J connectivity index is 1.53. The lowest BCUT2D eigenvalue weighted by Gasteiger charge is -2.21. The molecule has 0 spiro atoms. The number of carbonyl (C=O) groups excluding carboxylic acids is 1. The van der Waals surface area contributed by atoms with E-state index in [2.05, 4.69) is 15.0 Å². The zero-order valence-corrected chi connectivity index (χ0v) is 11.2. The fourth-order valence-electron chi connectivity index (χ4n) is 3.25. The van der Waals surface area contributed by atoms with Crippen LogP contribution < -0.4 is 10.6 Å². The van der Waals surface area contributed by atoms with Gasteiger partial charge in [0.2, 0.25) is 0 Å². The maximum Gasteiger partial charge on any atom is 0.251 e. The van der Waals surface area contributed by atoms with E-state index < -0.39 is 0 Å². The van der Waals surface area contributed by atoms with E-state index in [4.69, 9.17) is 0 Å². The summed E-state index contributed by atoms with van der Waals surface area (Å²) in [6.07, 6.45) is 5.32. The molecule has 98 valence electrons. The number of nitrogens with one attached hydrogen (secondary N) is 2. The number of hydrogen-bond donors (Lipinski definition) is 2. The van der Waals surface area contributed by atoms with E-state index in [0.717, 1.165) is 22.1 Å². The third-order valence-electron chi connectivity index (χ3n) is 4.23. The molecule has 2 aliphatic heterocycles. The molecule has 5 heteroatoms. The first-order valence-electron chi connectivity index (χ1n) is 6.71. The molecular formula is C14H15N3OS. The Morgan fingerprint density at radius 2 is 2.37 bits per heavy atom. The van der Waals surface area contributed by atoms with E-state index in [1.54, 1.807) is 0 Å². The van der Waals surface area contributed by atoms with Gasteiger partial charge in [-0.25, -0.2) is 0 Å². The molecule has 1 aromatic heterocycles. The Hall–Kier alpha value is -1.46. The maximum absolute atomic E-state index is 12.3. The average Bonchev–Trinajstić information content (AvgIpc) is 3.13. The molecule has 4 nitrogen and oxygen atoms in total. The Morgan fingerprint density at radius 3 is 3.16 bits per heavy atom. The molecule has 2 fully saturated rings. The van der Waals surface area contributed by atoms with Gasteiger partial charge < -0.3 is 10.6 Å². The van der Waals surface area contributed by atoms with Crippen LogP contribution in [-0.2, 0) is 0 Å². The number of nitrogens with zero attached hydrogens (tertiary/aromatic N) is 1. The maximum atomic E-state index is 12.3. The van der Waals surface area contributed by atoms with E-state index in [-0.39, 0.29) is 5.91 Å². The summed E-state index contributed by atoms with van der Waals surface area (Å²) >= 11 is 1.46. The van der Waals surface area contributed by atoms with Crippen LogP contribution in [0.15, 0.2) is 24.4 Å². The van der Waals surface area contributed by atoms with Crippen LogP contribution in [0.5, 0.6) is 0 Å². The second kappa shape index (κ2) is 4.28. The highest BCUT2D eigenvalue weighted by Crippen LogP contribution is 2.28. The van der Waals surface area contributed by atoms with Gasteiger partial charge in [-0.2, -0.15) is 4.37 Å². The van der Waals surface area contributed by atoms with Crippen LogP contribution in [0.2, 0.25) is 0 Å². The molecule has 0 aliphatic carbocycles. The second-order valence-corrected chi connectivity index (χ2v) is 6.27. The lowest BCUT2D eigenvalue weighted by Crippen LogP contribution is -2.42. The molecule has 1 amide bonds. The fourth-order valence-corrected chi connectivity index (χ4v) is 3.87. The third kappa shape index (κ3) is 1.93. The summed E-state index contributed by atoms with van der Waals surface area (Å²) in [5.74, 6) is 0.0347. The summed E-state index contributed by atoms with van der Waals surface area (Å²) in [6, 6.07) is 7.16. The molecule has 0 saturated carbocycles. The van der Waals surface area contributed by atoms with Gasteiger partial charge in [0.15, 0.2) is 0 Å². The molecule has 2 aromatic rings. The van der Waals surface area contributed by atoms with Crippen molar-refractivity contribution >= 4 is 27.5 Å². The Bertz CT molecular complexity index is 638. The van der Waals surface area contributed by atoms with Crippen molar-refractivity contribution in [3.63, 3.8) is 0 Å². The molecular weight excluding hydrogens is 258 g/mol. The number of hydrogen-bond acceptors (Lipinski definition) is 4. The van der Waals surface area contributed by atoms with Gasteiger partial charge in [0.05, 0.1) is 4.70 Å². The number of benzene rings is 1. The minimum absolute atomic E-state index is 0.0347. The summed E-state index contributed by atoms with van der Waals surface area (Å²) in [5.41, 5.74) is 0.732. The Kier molecular flexibility index (Phi) is 2.56. The van der Waals surface area contributed by atoms with Crippen molar-refractivity contribution in [3.05, 3.63) is 30.0 Å². The molecule has 2 N–H and O–H groups in total. The number of aromatic nitrogens is 1. The Morgan fingerprint density at radius 1 is 1.42 bits per heavy atom. The summed E-state index contributed by atoms with van der Waals surface area (Å²) in [4.78, 5) is 12.3. The van der Waals surface area contributed by atoms with Gasteiger partial charge in [-0.1, -0.05) is 0 Å². The first-order chi connectivity index (χ1) is 9.29. The highest BCUT2D eigenvalue weighted by molar-refractivity contribution is 7.13. The van der Waals surface area contributed by atoms with Crippen molar-refractivity contribution in [2.24, 2.45) is 0 Å². The van der Waals surface area contributed by atoms with Gasteiger partial charge in [-0.3, -0.25) is 4.79 Å². The molecule has 3 atom stereocenters. The highest BCUT2D eigenvalue weighted by atomic mass is 32.1. The number of fused-ring (bicyclic) bond motifs is 3. The van der Waals surface area contributed by atoms with Gasteiger partial charge in [-0.05, 0) is 49.0 Å². The van der Waals surface area contributed by atoms with Crippen molar-refractivity contribution in [1.82, 2.24) is 15.0 Å². The summed E-state index contributed by atoms with van der Waals surface area (Å²) < 4.78 is 5.26. The predicted octanol–water partition coefficient (Wildman–Crippen LogP) is 1.92. The van der Waals surface area contributed by atoms with Gasteiger partial charge in [0, 0.05) is 35.3 Å². The number of rotatable bonds is 2. The average molecular weight is 273 g/mol. The van der Waals surface area contributed by atoms with Crippen LogP contribution >= 0.6 is 11.5 Å². The fraction of sp³-hybridized carbons (Fsp3) is 0.429. The second-order valence-electron chi connectivity index (χ2n) is 5.44. The lowest BCUT2D eigenvalue weighted by atomic mass is 9.95. The number of carbonyl (C=O) groups is 1. The summed E-state index contributed by atoms with van der Waals surface area (Å²) in [6.45, 7) is 0. The zero-order chi connectivity index (χ0) is 12.8. The van der Waals surface area contributed by atoms with Gasteiger partial charge in [-0.15, -0.1) is 0 Å². The normalized spacial score (nSPS) is 28.9. The first-order valence-corrected chi connectivity index (χ1v) is 7.48. The number of amides is 1. The van der Waals surface area contributed by atoms with Gasteiger partial charge in [0.25, 0.3) is 5.91 Å². The van der Waals surface area contributed by atoms with Gasteiger partial charge >= 0.3 is 0 Å². The van der Waals surface area contributed by atoms with Crippen molar-refractivity contribution < 1.29 is 4.79 Å². The zero-order valence-electron chi connectivity index (χ0n) is 10.4. The van der Waals surface area contributed by atoms with Crippen molar-refractivity contribution in [1.29, 1.82) is 0 Å². The molecule has 2 aliphatic rings. The van der Waals surface area contributed by atoms with Gasteiger partial charge in [0.1, 0.15) is 0 Å². The molecule has 2 bridgehead atoms. The quantitative estimate of drug-likeness (QED) is 0.879. The van der Waals surface area contributed by atoms with Crippen LogP contribution in [0.25, 0.3) is 10.1 Å². The molecule has 2 saturated heterocycles. The lowest BCUT2D eigenvalue weighted by molar-refractivity contribution is 0.0931. The topological polar surface area (TPSA) is 54.0 Å². The smallest absolute Gasteiger partial charge is 0.251 e. The Labute approximate surface area is 115 Å². The van der Waals surface area contributed by atoms with Crippen LogP contribution in [-0.4, -0.2) is 28.4 Å². The minimum atomic E-state index is 0.0347. The molecule has 19 heavy (non-hydrogen) atoms. The van der Waals surface area contributed by atoms with Crippen LogP contribution in [0.3, 0.4) is 0 Å². The SMILES string of the molecule is O=C(N[C@@H]1C[C@H]2CC[C@@H]1N2)c1ccc2sncc2c1. The van der Waals surface area contributed by atoms with E-state index in [1.807, 2.05) is 24.4 Å². The highest BCUT2D eigenvalue weighted by Gasteiger charge is 2.39. The van der Waals surface area contributed by atoms with E-state index in [9.17, 15) is 4.79 Å². The molecule has 3 heterocycles. The van der Waals surface area contributed by atoms with Crippen molar-refractivity contribution in [2.75, 3.05) is 0 Å². The molecule has 0 unspecified atom stereocenters. The predicted molar refractivity (Wildman–Crippen MR) is 75.4 cm³/mol. The van der Waals surface area contributed by atoms with Crippen LogP contribution in [0, 0.1) is 0 Å². The molecule has 0 radical (unpaired) electrons. The van der Waals surface area contributed by atoms with Crippen LogP contribution in [0.4, 0.5) is 0 Å². The standard InChI is InChI=1S/C14H15N3OS/c18-14(17-12-6-10-2-3-11(12)16-10)8-1-4-13-9(5-8)7-15-19-13/h1,4-5,7,10-12,16H,2-3,6H2,(H,17,18)/t10-,11+,12-/m1/s1. The van der Waals surface area contributed by atoms with Crippen molar-refractivity contribution in [3.8, 4) is 0 Å². The monoisotopic (exact) mass is 273 g/mol. The van der Waals surface area contributed by atoms with Crippen LogP contribution in [0.1, 0.15) is 29.6 Å². The van der Waals surface area contributed by atoms with Crippen molar-refractivity contribution in [2.45, 2.75) is 37.4 Å². The molecule has 1 aromatic carbocycles. The summed E-state index contributed by atoms with van der Waals surface area (Å²) in [5, 5.41) is 7.75. The third-order valence-corrected chi connectivity index (χ3v) is 5.01. The van der Waals surface area contributed by atoms with E-state index in [0.29, 0.717) is 18.1 Å². The molecule has 4 rings (SSSR count). The largest absolute Gasteiger partial charge is 0.348 e. The van der Waals surface area contributed by atoms with E-state index in [1.165, 1.54) is 24.4 Å². The first kappa shape index (κ1) is 11.4. The van der Waals surface area contributed by atoms with E-state index >= 15 is 0 Å². The summed E-state index contributed by atoms with van der Waals surface area (Å²) in [7, 11) is 0.